The van der Waals surface area contributed by atoms with Crippen molar-refractivity contribution in [1.29, 1.82) is 0 Å². The average molecular weight is 507 g/mol. The van der Waals surface area contributed by atoms with Gasteiger partial charge in [-0.1, -0.05) is 48.2 Å². The number of hydrogen-bond acceptors (Lipinski definition) is 5. The largest absolute Gasteiger partial charge is 0.325 e. The van der Waals surface area contributed by atoms with E-state index < -0.39 is 11.9 Å². The van der Waals surface area contributed by atoms with Crippen LogP contribution in [0.5, 0.6) is 0 Å². The van der Waals surface area contributed by atoms with Crippen molar-refractivity contribution in [2.75, 3.05) is 11.1 Å². The summed E-state index contributed by atoms with van der Waals surface area (Å²) in [6.07, 6.45) is 0. The van der Waals surface area contributed by atoms with Gasteiger partial charge in [0.15, 0.2) is 11.0 Å². The number of carbonyl (C=O) groups is 2. The molecule has 1 heterocycles. The van der Waals surface area contributed by atoms with Gasteiger partial charge in [0.25, 0.3) is 0 Å². The van der Waals surface area contributed by atoms with Gasteiger partial charge in [0.05, 0.1) is 11.4 Å². The van der Waals surface area contributed by atoms with Crippen LogP contribution in [-0.2, 0) is 11.8 Å². The van der Waals surface area contributed by atoms with Crippen molar-refractivity contribution in [2.45, 2.75) is 12.1 Å². The number of hydrogen-bond donors (Lipinski definition) is 2. The Balaban J connectivity index is 1.57. The number of urea groups is 1. The molecule has 0 saturated carbocycles. The van der Waals surface area contributed by atoms with Gasteiger partial charge >= 0.3 is 6.03 Å². The molecule has 2 N–H and O–H groups in total. The Morgan fingerprint density at radius 1 is 1.11 bits per heavy atom. The van der Waals surface area contributed by atoms with E-state index in [0.717, 1.165) is 20.5 Å². The maximum atomic E-state index is 12.1. The van der Waals surface area contributed by atoms with Crippen molar-refractivity contribution < 1.29 is 9.59 Å². The van der Waals surface area contributed by atoms with E-state index in [0.29, 0.717) is 10.8 Å². The Kier molecular flexibility index (Phi) is 6.68. The van der Waals surface area contributed by atoms with E-state index in [1.807, 2.05) is 61.0 Å². The van der Waals surface area contributed by atoms with Crippen molar-refractivity contribution in [3.8, 4) is 11.4 Å². The molecule has 9 heteroatoms. The van der Waals surface area contributed by atoms with E-state index in [9.17, 15) is 9.59 Å². The summed E-state index contributed by atoms with van der Waals surface area (Å²) in [7, 11) is 1.85. The molecular formula is C19H18IN5O2S. The van der Waals surface area contributed by atoms with Gasteiger partial charge in [-0.25, -0.2) is 4.79 Å². The van der Waals surface area contributed by atoms with E-state index in [2.05, 4.69) is 43.4 Å². The Morgan fingerprint density at radius 3 is 2.57 bits per heavy atom. The molecule has 0 bridgehead atoms. The van der Waals surface area contributed by atoms with Crippen LogP contribution >= 0.6 is 34.4 Å². The standard InChI is InChI=1S/C19H18IN5O2S/c1-12-7-3-4-8-13(12)17-23-24-19(25(17)2)28-11-16(26)22-18(27)21-15-10-6-5-9-14(15)20/h3-10H,11H2,1-2H3,(H2,21,22,26,27). The summed E-state index contributed by atoms with van der Waals surface area (Å²) < 4.78 is 2.73. The molecule has 3 rings (SSSR count). The molecule has 7 nitrogen and oxygen atoms in total. The molecule has 3 aromatic rings. The van der Waals surface area contributed by atoms with Crippen molar-refractivity contribution >= 4 is 52.0 Å². The number of para-hydroxylation sites is 1. The summed E-state index contributed by atoms with van der Waals surface area (Å²) in [5.41, 5.74) is 2.74. The number of anilines is 1. The summed E-state index contributed by atoms with van der Waals surface area (Å²) in [4.78, 5) is 24.1. The first-order chi connectivity index (χ1) is 13.5. The van der Waals surface area contributed by atoms with Crippen molar-refractivity contribution in [2.24, 2.45) is 7.05 Å². The van der Waals surface area contributed by atoms with E-state index in [1.165, 1.54) is 11.8 Å². The molecule has 0 fully saturated rings. The van der Waals surface area contributed by atoms with Crippen LogP contribution in [-0.4, -0.2) is 32.5 Å². The molecule has 1 aromatic heterocycles. The highest BCUT2D eigenvalue weighted by Gasteiger charge is 2.15. The van der Waals surface area contributed by atoms with Gasteiger partial charge in [-0.3, -0.25) is 10.1 Å². The molecular weight excluding hydrogens is 489 g/mol. The van der Waals surface area contributed by atoms with Crippen molar-refractivity contribution in [1.82, 2.24) is 20.1 Å². The zero-order valence-electron chi connectivity index (χ0n) is 15.3. The van der Waals surface area contributed by atoms with Gasteiger partial charge in [0.1, 0.15) is 0 Å². The van der Waals surface area contributed by atoms with E-state index in [4.69, 9.17) is 0 Å². The zero-order valence-corrected chi connectivity index (χ0v) is 18.2. The third-order valence-corrected chi connectivity index (χ3v) is 5.89. The maximum absolute atomic E-state index is 12.1. The van der Waals surface area contributed by atoms with Gasteiger partial charge < -0.3 is 9.88 Å². The normalized spacial score (nSPS) is 10.5. The second-order valence-electron chi connectivity index (χ2n) is 5.95. The molecule has 0 aliphatic rings. The summed E-state index contributed by atoms with van der Waals surface area (Å²) in [6, 6.07) is 14.7. The van der Waals surface area contributed by atoms with Crippen molar-refractivity contribution in [3.63, 3.8) is 0 Å². The topological polar surface area (TPSA) is 88.9 Å². The van der Waals surface area contributed by atoms with Crippen LogP contribution in [0.1, 0.15) is 5.56 Å². The summed E-state index contributed by atoms with van der Waals surface area (Å²) >= 11 is 3.34. The molecule has 0 saturated heterocycles. The number of aromatic nitrogens is 3. The molecule has 0 spiro atoms. The summed E-state index contributed by atoms with van der Waals surface area (Å²) in [5, 5.41) is 14.0. The second kappa shape index (κ2) is 9.20. The van der Waals surface area contributed by atoms with Crippen LogP contribution in [0.4, 0.5) is 10.5 Å². The summed E-state index contributed by atoms with van der Waals surface area (Å²) in [5.74, 6) is 0.380. The minimum absolute atomic E-state index is 0.0546. The predicted molar refractivity (Wildman–Crippen MR) is 118 cm³/mol. The number of aryl methyl sites for hydroxylation is 1. The van der Waals surface area contributed by atoms with Crippen LogP contribution in [0.2, 0.25) is 0 Å². The Hall–Kier alpha value is -2.40. The SMILES string of the molecule is Cc1ccccc1-c1nnc(SCC(=O)NC(=O)Nc2ccccc2I)n1C. The molecule has 0 radical (unpaired) electrons. The fourth-order valence-corrected chi connectivity index (χ4v) is 3.74. The van der Waals surface area contributed by atoms with Gasteiger partial charge in [-0.2, -0.15) is 0 Å². The Labute approximate surface area is 180 Å². The molecule has 0 unspecified atom stereocenters. The van der Waals surface area contributed by atoms with Crippen LogP contribution in [0.3, 0.4) is 0 Å². The lowest BCUT2D eigenvalue weighted by molar-refractivity contribution is -0.117. The first kappa shape index (κ1) is 20.3. The van der Waals surface area contributed by atoms with Crippen molar-refractivity contribution in [3.05, 3.63) is 57.7 Å². The number of halogens is 1. The Morgan fingerprint density at radius 2 is 1.82 bits per heavy atom. The van der Waals surface area contributed by atoms with Crippen LogP contribution in [0, 0.1) is 10.5 Å². The Bertz CT molecular complexity index is 1020. The first-order valence-electron chi connectivity index (χ1n) is 8.39. The molecule has 0 atom stereocenters. The fourth-order valence-electron chi connectivity index (χ4n) is 2.51. The zero-order chi connectivity index (χ0) is 20.1. The third-order valence-electron chi connectivity index (χ3n) is 3.93. The average Bonchev–Trinajstić information content (AvgIpc) is 3.03. The number of carbonyl (C=O) groups excluding carboxylic acids is 2. The fraction of sp³-hybridized carbons (Fsp3) is 0.158. The van der Waals surface area contributed by atoms with Gasteiger partial charge in [-0.05, 0) is 47.2 Å². The highest BCUT2D eigenvalue weighted by atomic mass is 127. The molecule has 2 aromatic carbocycles. The number of nitrogens with one attached hydrogen (secondary N) is 2. The number of thioether (sulfide) groups is 1. The number of nitrogens with zero attached hydrogens (tertiary/aromatic N) is 3. The quantitative estimate of drug-likeness (QED) is 0.405. The molecule has 3 amide bonds. The van der Waals surface area contributed by atoms with Gasteiger partial charge in [-0.15, -0.1) is 10.2 Å². The lowest BCUT2D eigenvalue weighted by Gasteiger charge is -2.08. The van der Waals surface area contributed by atoms with Crippen LogP contribution < -0.4 is 10.6 Å². The number of rotatable bonds is 5. The highest BCUT2D eigenvalue weighted by Crippen LogP contribution is 2.24. The lowest BCUT2D eigenvalue weighted by Crippen LogP contribution is -2.35. The van der Waals surface area contributed by atoms with E-state index in [1.54, 1.807) is 6.07 Å². The lowest BCUT2D eigenvalue weighted by atomic mass is 10.1. The molecule has 0 aliphatic carbocycles. The van der Waals surface area contributed by atoms with Gasteiger partial charge in [0, 0.05) is 16.2 Å². The maximum Gasteiger partial charge on any atom is 0.325 e. The molecule has 28 heavy (non-hydrogen) atoms. The van der Waals surface area contributed by atoms with Crippen LogP contribution in [0.25, 0.3) is 11.4 Å². The van der Waals surface area contributed by atoms with Crippen LogP contribution in [0.15, 0.2) is 53.7 Å². The third kappa shape index (κ3) is 4.90. The smallest absolute Gasteiger partial charge is 0.307 e. The predicted octanol–water partition coefficient (Wildman–Crippen LogP) is 3.84. The highest BCUT2D eigenvalue weighted by molar-refractivity contribution is 14.1. The van der Waals surface area contributed by atoms with Gasteiger partial charge in [0.2, 0.25) is 5.91 Å². The summed E-state index contributed by atoms with van der Waals surface area (Å²) in [6.45, 7) is 2.01. The minimum atomic E-state index is -0.562. The number of imide groups is 1. The minimum Gasteiger partial charge on any atom is -0.307 e. The van der Waals surface area contributed by atoms with E-state index >= 15 is 0 Å². The van der Waals surface area contributed by atoms with E-state index in [-0.39, 0.29) is 5.75 Å². The number of amides is 3. The first-order valence-corrected chi connectivity index (χ1v) is 10.5. The number of benzene rings is 2. The second-order valence-corrected chi connectivity index (χ2v) is 8.06. The molecule has 144 valence electrons. The monoisotopic (exact) mass is 507 g/mol. The molecule has 0 aliphatic heterocycles.